The van der Waals surface area contributed by atoms with Gasteiger partial charge < -0.3 is 14.9 Å². The highest BCUT2D eigenvalue weighted by atomic mass is 16.5. The van der Waals surface area contributed by atoms with Gasteiger partial charge in [0.25, 0.3) is 0 Å². The van der Waals surface area contributed by atoms with Gasteiger partial charge in [0.15, 0.2) is 0 Å². The van der Waals surface area contributed by atoms with E-state index >= 15 is 0 Å². The summed E-state index contributed by atoms with van der Waals surface area (Å²) in [7, 11) is 0. The molecule has 0 rings (SSSR count). The lowest BCUT2D eigenvalue weighted by atomic mass is 10.1. The third-order valence-electron chi connectivity index (χ3n) is 3.67. The predicted molar refractivity (Wildman–Crippen MR) is 103 cm³/mol. The molecule has 0 saturated carbocycles. The third kappa shape index (κ3) is 18.8. The zero-order chi connectivity index (χ0) is 18.6. The standard InChI is InChI=1S/C21H36O4/c1-2-3-4-5-6-7-8-9-10-11-12-13-14-15-16-17-21(24)25-19-20(23)18-22/h6-7,9-10,12-13,20,22-23H,2-5,8,11,14-19H2,1H3/b7-6+,10-9+,13-12+/t20-/m0/s1. The molecule has 1 atom stereocenters. The summed E-state index contributed by atoms with van der Waals surface area (Å²) in [4.78, 5) is 11.3. The Kier molecular flexibility index (Phi) is 17.9. The van der Waals surface area contributed by atoms with Crippen LogP contribution in [0.3, 0.4) is 0 Å². The number of carbonyl (C=O) groups is 1. The molecule has 25 heavy (non-hydrogen) atoms. The molecule has 4 nitrogen and oxygen atoms in total. The van der Waals surface area contributed by atoms with Gasteiger partial charge in [-0.2, -0.15) is 0 Å². The van der Waals surface area contributed by atoms with Crippen molar-refractivity contribution in [2.24, 2.45) is 0 Å². The Morgan fingerprint density at radius 2 is 1.48 bits per heavy atom. The number of aliphatic hydroxyl groups excluding tert-OH is 2. The van der Waals surface area contributed by atoms with Gasteiger partial charge in [-0.25, -0.2) is 0 Å². The summed E-state index contributed by atoms with van der Waals surface area (Å²) in [6.45, 7) is 1.71. The topological polar surface area (TPSA) is 66.8 Å². The fourth-order valence-corrected chi connectivity index (χ4v) is 2.14. The Bertz CT molecular complexity index is 385. The lowest BCUT2D eigenvalue weighted by molar-refractivity contribution is -0.147. The number of carbonyl (C=O) groups excluding carboxylic acids is 1. The summed E-state index contributed by atoms with van der Waals surface area (Å²) in [5.74, 6) is -0.317. The molecule has 0 aliphatic carbocycles. The molecular formula is C21H36O4. The molecule has 0 fully saturated rings. The van der Waals surface area contributed by atoms with Gasteiger partial charge >= 0.3 is 5.97 Å². The van der Waals surface area contributed by atoms with Crippen molar-refractivity contribution in [2.45, 2.75) is 77.2 Å². The summed E-state index contributed by atoms with van der Waals surface area (Å²) >= 11 is 0. The second kappa shape index (κ2) is 18.9. The summed E-state index contributed by atoms with van der Waals surface area (Å²) < 4.78 is 4.83. The van der Waals surface area contributed by atoms with Crippen LogP contribution in [0.25, 0.3) is 0 Å². The number of allylic oxidation sites excluding steroid dienone is 6. The van der Waals surface area contributed by atoms with E-state index in [2.05, 4.69) is 43.4 Å². The quantitative estimate of drug-likeness (QED) is 0.244. The lowest BCUT2D eigenvalue weighted by Gasteiger charge is -2.07. The molecule has 0 aliphatic rings. The van der Waals surface area contributed by atoms with E-state index in [9.17, 15) is 4.79 Å². The summed E-state index contributed by atoms with van der Waals surface area (Å²) in [5.41, 5.74) is 0. The third-order valence-corrected chi connectivity index (χ3v) is 3.67. The minimum atomic E-state index is -0.975. The minimum Gasteiger partial charge on any atom is -0.463 e. The van der Waals surface area contributed by atoms with Crippen molar-refractivity contribution >= 4 is 5.97 Å². The number of aliphatic hydroxyl groups is 2. The lowest BCUT2D eigenvalue weighted by Crippen LogP contribution is -2.21. The fourth-order valence-electron chi connectivity index (χ4n) is 2.14. The zero-order valence-electron chi connectivity index (χ0n) is 15.7. The SMILES string of the molecule is CCCCC/C=C/C/C=C/C/C=C/CCCCC(=O)OC[C@@H](O)CO. The normalized spacial score (nSPS) is 13.2. The molecule has 0 bridgehead atoms. The molecule has 0 heterocycles. The molecule has 2 N–H and O–H groups in total. The largest absolute Gasteiger partial charge is 0.463 e. The maximum atomic E-state index is 11.3. The van der Waals surface area contributed by atoms with Crippen LogP contribution in [-0.2, 0) is 9.53 Å². The number of unbranched alkanes of at least 4 members (excludes halogenated alkanes) is 5. The van der Waals surface area contributed by atoms with Crippen LogP contribution in [0.15, 0.2) is 36.5 Å². The number of esters is 1. The van der Waals surface area contributed by atoms with Crippen LogP contribution in [0, 0.1) is 0 Å². The van der Waals surface area contributed by atoms with Crippen LogP contribution in [0.5, 0.6) is 0 Å². The van der Waals surface area contributed by atoms with Crippen molar-refractivity contribution in [3.8, 4) is 0 Å². The summed E-state index contributed by atoms with van der Waals surface area (Å²) in [5, 5.41) is 17.7. The van der Waals surface area contributed by atoms with Crippen LogP contribution >= 0.6 is 0 Å². The van der Waals surface area contributed by atoms with Crippen LogP contribution in [0.4, 0.5) is 0 Å². The molecule has 0 aromatic heterocycles. The first-order valence-corrected chi connectivity index (χ1v) is 9.60. The van der Waals surface area contributed by atoms with Crippen LogP contribution < -0.4 is 0 Å². The second-order valence-electron chi connectivity index (χ2n) is 6.15. The Balaban J connectivity index is 3.43. The van der Waals surface area contributed by atoms with E-state index in [4.69, 9.17) is 14.9 Å². The van der Waals surface area contributed by atoms with Gasteiger partial charge in [0, 0.05) is 6.42 Å². The van der Waals surface area contributed by atoms with Gasteiger partial charge in [0.05, 0.1) is 6.61 Å². The Labute approximate surface area is 153 Å². The summed E-state index contributed by atoms with van der Waals surface area (Å²) in [6.07, 6.45) is 22.3. The molecule has 144 valence electrons. The number of hydrogen-bond acceptors (Lipinski definition) is 4. The molecule has 0 unspecified atom stereocenters. The number of rotatable bonds is 16. The van der Waals surface area contributed by atoms with Crippen LogP contribution in [-0.4, -0.2) is 35.5 Å². The average Bonchev–Trinajstić information content (AvgIpc) is 2.62. The number of hydrogen-bond donors (Lipinski definition) is 2. The van der Waals surface area contributed by atoms with Crippen molar-refractivity contribution in [2.75, 3.05) is 13.2 Å². The molecule has 0 spiro atoms. The van der Waals surface area contributed by atoms with E-state index in [0.29, 0.717) is 6.42 Å². The van der Waals surface area contributed by atoms with Gasteiger partial charge in [-0.05, 0) is 44.9 Å². The van der Waals surface area contributed by atoms with Gasteiger partial charge in [-0.15, -0.1) is 0 Å². The van der Waals surface area contributed by atoms with Crippen molar-refractivity contribution in [1.82, 2.24) is 0 Å². The first-order chi connectivity index (χ1) is 12.2. The van der Waals surface area contributed by atoms with Gasteiger partial charge in [0.1, 0.15) is 12.7 Å². The first kappa shape index (κ1) is 23.6. The molecule has 0 saturated heterocycles. The smallest absolute Gasteiger partial charge is 0.305 e. The fraction of sp³-hybridized carbons (Fsp3) is 0.667. The molecule has 0 amide bonds. The minimum absolute atomic E-state index is 0.129. The van der Waals surface area contributed by atoms with E-state index in [1.807, 2.05) is 0 Å². The molecule has 0 aliphatic heterocycles. The zero-order valence-corrected chi connectivity index (χ0v) is 15.7. The van der Waals surface area contributed by atoms with Crippen LogP contribution in [0.1, 0.15) is 71.1 Å². The number of ether oxygens (including phenoxy) is 1. The maximum absolute atomic E-state index is 11.3. The highest BCUT2D eigenvalue weighted by Crippen LogP contribution is 2.04. The van der Waals surface area contributed by atoms with Crippen molar-refractivity contribution < 1.29 is 19.7 Å². The molecular weight excluding hydrogens is 316 g/mol. The van der Waals surface area contributed by atoms with Gasteiger partial charge in [-0.1, -0.05) is 56.2 Å². The molecule has 4 heteroatoms. The van der Waals surface area contributed by atoms with E-state index in [1.54, 1.807) is 0 Å². The van der Waals surface area contributed by atoms with Crippen LogP contribution in [0.2, 0.25) is 0 Å². The predicted octanol–water partition coefficient (Wildman–Crippen LogP) is 4.47. The Hall–Kier alpha value is -1.39. The summed E-state index contributed by atoms with van der Waals surface area (Å²) in [6, 6.07) is 0. The second-order valence-corrected chi connectivity index (χ2v) is 6.15. The van der Waals surface area contributed by atoms with Gasteiger partial charge in [0.2, 0.25) is 0 Å². The highest BCUT2D eigenvalue weighted by Gasteiger charge is 2.06. The average molecular weight is 353 g/mol. The first-order valence-electron chi connectivity index (χ1n) is 9.60. The van der Waals surface area contributed by atoms with Crippen molar-refractivity contribution in [1.29, 1.82) is 0 Å². The van der Waals surface area contributed by atoms with Crippen molar-refractivity contribution in [3.63, 3.8) is 0 Å². The van der Waals surface area contributed by atoms with E-state index in [-0.39, 0.29) is 19.2 Å². The van der Waals surface area contributed by atoms with E-state index < -0.39 is 6.10 Å². The van der Waals surface area contributed by atoms with E-state index in [1.165, 1.54) is 25.7 Å². The maximum Gasteiger partial charge on any atom is 0.305 e. The van der Waals surface area contributed by atoms with E-state index in [0.717, 1.165) is 32.1 Å². The molecule has 0 aromatic carbocycles. The molecule has 0 radical (unpaired) electrons. The Morgan fingerprint density at radius 1 is 0.920 bits per heavy atom. The Morgan fingerprint density at radius 3 is 2.04 bits per heavy atom. The monoisotopic (exact) mass is 352 g/mol. The van der Waals surface area contributed by atoms with Gasteiger partial charge in [-0.3, -0.25) is 4.79 Å². The molecule has 0 aromatic rings. The van der Waals surface area contributed by atoms with Crippen molar-refractivity contribution in [3.05, 3.63) is 36.5 Å². The highest BCUT2D eigenvalue weighted by molar-refractivity contribution is 5.69.